The van der Waals surface area contributed by atoms with E-state index in [1.807, 2.05) is 27.7 Å². The van der Waals surface area contributed by atoms with Crippen LogP contribution in [0, 0.1) is 0 Å². The van der Waals surface area contributed by atoms with Gasteiger partial charge in [0.2, 0.25) is 0 Å². The van der Waals surface area contributed by atoms with E-state index in [-0.39, 0.29) is 11.6 Å². The molecule has 120 valence electrons. The lowest BCUT2D eigenvalue weighted by atomic mass is 10.0. The minimum absolute atomic E-state index is 0.247. The first-order valence-electron chi connectivity index (χ1n) is 7.24. The van der Waals surface area contributed by atoms with E-state index in [0.717, 1.165) is 12.5 Å². The monoisotopic (exact) mass is 303 g/mol. The summed E-state index contributed by atoms with van der Waals surface area (Å²) >= 11 is 0. The standard InChI is InChI=1S/C16H24F3NO/c1-5-15(3,4)21-11-14(20-6-2)12-8-7-9-13(10-12)16(17,18)19/h7-10,14,20H,5-6,11H2,1-4H3. The van der Waals surface area contributed by atoms with Crippen LogP contribution in [-0.4, -0.2) is 18.8 Å². The van der Waals surface area contributed by atoms with Gasteiger partial charge in [0, 0.05) is 0 Å². The van der Waals surface area contributed by atoms with Gasteiger partial charge in [-0.15, -0.1) is 0 Å². The molecule has 1 N–H and O–H groups in total. The fourth-order valence-corrected chi connectivity index (χ4v) is 1.86. The van der Waals surface area contributed by atoms with Gasteiger partial charge in [0.05, 0.1) is 23.8 Å². The first-order valence-corrected chi connectivity index (χ1v) is 7.24. The molecule has 1 rings (SSSR count). The maximum Gasteiger partial charge on any atom is 0.416 e. The Kier molecular flexibility index (Phi) is 6.23. The first kappa shape index (κ1) is 18.0. The highest BCUT2D eigenvalue weighted by molar-refractivity contribution is 5.28. The molecule has 0 spiro atoms. The molecule has 1 aromatic carbocycles. The smallest absolute Gasteiger partial charge is 0.374 e. The third-order valence-corrected chi connectivity index (χ3v) is 3.56. The third kappa shape index (κ3) is 5.67. The fraction of sp³-hybridized carbons (Fsp3) is 0.625. The minimum atomic E-state index is -4.32. The molecule has 1 atom stereocenters. The molecule has 0 bridgehead atoms. The second-order valence-electron chi connectivity index (χ2n) is 5.66. The number of ether oxygens (including phenoxy) is 1. The Balaban J connectivity index is 2.90. The zero-order valence-corrected chi connectivity index (χ0v) is 13.1. The van der Waals surface area contributed by atoms with Gasteiger partial charge in [-0.1, -0.05) is 26.0 Å². The molecule has 1 aromatic rings. The Labute approximate surface area is 124 Å². The zero-order valence-electron chi connectivity index (χ0n) is 13.1. The molecule has 0 fully saturated rings. The molecular weight excluding hydrogens is 279 g/mol. The Morgan fingerprint density at radius 1 is 1.19 bits per heavy atom. The molecule has 0 amide bonds. The van der Waals surface area contributed by atoms with Crippen molar-refractivity contribution in [3.63, 3.8) is 0 Å². The van der Waals surface area contributed by atoms with Crippen molar-refractivity contribution in [2.24, 2.45) is 0 Å². The number of alkyl halides is 3. The molecule has 0 saturated carbocycles. The molecule has 0 aliphatic carbocycles. The maximum atomic E-state index is 12.8. The van der Waals surface area contributed by atoms with Crippen molar-refractivity contribution < 1.29 is 17.9 Å². The van der Waals surface area contributed by atoms with Crippen LogP contribution in [0.4, 0.5) is 13.2 Å². The lowest BCUT2D eigenvalue weighted by Crippen LogP contribution is -2.31. The van der Waals surface area contributed by atoms with Gasteiger partial charge >= 0.3 is 6.18 Å². The van der Waals surface area contributed by atoms with Crippen molar-refractivity contribution in [1.29, 1.82) is 0 Å². The minimum Gasteiger partial charge on any atom is -0.374 e. The summed E-state index contributed by atoms with van der Waals surface area (Å²) in [6, 6.07) is 5.17. The molecule has 0 saturated heterocycles. The van der Waals surface area contributed by atoms with Crippen molar-refractivity contribution in [3.05, 3.63) is 35.4 Å². The molecule has 21 heavy (non-hydrogen) atoms. The van der Waals surface area contributed by atoms with Gasteiger partial charge in [0.25, 0.3) is 0 Å². The molecule has 1 unspecified atom stereocenters. The molecule has 5 heteroatoms. The van der Waals surface area contributed by atoms with Crippen LogP contribution >= 0.6 is 0 Å². The first-order chi connectivity index (χ1) is 9.69. The Morgan fingerprint density at radius 2 is 1.86 bits per heavy atom. The van der Waals surface area contributed by atoms with E-state index in [0.29, 0.717) is 18.7 Å². The largest absolute Gasteiger partial charge is 0.416 e. The number of benzene rings is 1. The fourth-order valence-electron chi connectivity index (χ4n) is 1.86. The summed E-state index contributed by atoms with van der Waals surface area (Å²) in [5, 5.41) is 3.18. The van der Waals surface area contributed by atoms with Gasteiger partial charge < -0.3 is 10.1 Å². The number of halogens is 3. The summed E-state index contributed by atoms with van der Waals surface area (Å²) in [6.45, 7) is 8.90. The van der Waals surface area contributed by atoms with Crippen molar-refractivity contribution in [1.82, 2.24) is 5.32 Å². The highest BCUT2D eigenvalue weighted by atomic mass is 19.4. The van der Waals surface area contributed by atoms with Crippen LogP contribution < -0.4 is 5.32 Å². The molecule has 2 nitrogen and oxygen atoms in total. The van der Waals surface area contributed by atoms with E-state index in [4.69, 9.17) is 4.74 Å². The Hall–Kier alpha value is -1.07. The normalized spacial score (nSPS) is 14.2. The summed E-state index contributed by atoms with van der Waals surface area (Å²) in [7, 11) is 0. The van der Waals surface area contributed by atoms with Gasteiger partial charge in [-0.2, -0.15) is 13.2 Å². The summed E-state index contributed by atoms with van der Waals surface area (Å²) in [6.07, 6.45) is -3.48. The van der Waals surface area contributed by atoms with Crippen molar-refractivity contribution in [3.8, 4) is 0 Å². The highest BCUT2D eigenvalue weighted by Gasteiger charge is 2.31. The molecule has 0 radical (unpaired) electrons. The van der Waals surface area contributed by atoms with Crippen molar-refractivity contribution >= 4 is 0 Å². The van der Waals surface area contributed by atoms with Crippen LogP contribution in [0.5, 0.6) is 0 Å². The van der Waals surface area contributed by atoms with Gasteiger partial charge in [0.1, 0.15) is 0 Å². The van der Waals surface area contributed by atoms with E-state index >= 15 is 0 Å². The van der Waals surface area contributed by atoms with Crippen LogP contribution in [0.3, 0.4) is 0 Å². The van der Waals surface area contributed by atoms with Gasteiger partial charge in [-0.05, 0) is 44.5 Å². The summed E-state index contributed by atoms with van der Waals surface area (Å²) in [5.74, 6) is 0. The van der Waals surface area contributed by atoms with Crippen molar-refractivity contribution in [2.45, 2.75) is 51.9 Å². The summed E-state index contributed by atoms with van der Waals surface area (Å²) < 4.78 is 44.2. The second kappa shape index (κ2) is 7.27. The summed E-state index contributed by atoms with van der Waals surface area (Å²) in [5.41, 5.74) is -0.314. The quantitative estimate of drug-likeness (QED) is 0.797. The molecule has 0 heterocycles. The average molecular weight is 303 g/mol. The van der Waals surface area contributed by atoms with Crippen LogP contribution in [0.2, 0.25) is 0 Å². The Bertz CT molecular complexity index is 443. The van der Waals surface area contributed by atoms with E-state index in [1.54, 1.807) is 6.07 Å². The molecular formula is C16H24F3NO. The maximum absolute atomic E-state index is 12.8. The number of hydrogen-bond donors (Lipinski definition) is 1. The lowest BCUT2D eigenvalue weighted by Gasteiger charge is -2.28. The third-order valence-electron chi connectivity index (χ3n) is 3.56. The number of nitrogens with one attached hydrogen (secondary N) is 1. The van der Waals surface area contributed by atoms with Gasteiger partial charge in [-0.3, -0.25) is 0 Å². The summed E-state index contributed by atoms with van der Waals surface area (Å²) in [4.78, 5) is 0. The lowest BCUT2D eigenvalue weighted by molar-refractivity contribution is -0.137. The van der Waals surface area contributed by atoms with E-state index in [1.165, 1.54) is 12.1 Å². The number of hydrogen-bond acceptors (Lipinski definition) is 2. The second-order valence-corrected chi connectivity index (χ2v) is 5.66. The van der Waals surface area contributed by atoms with Gasteiger partial charge in [-0.25, -0.2) is 0 Å². The Morgan fingerprint density at radius 3 is 2.38 bits per heavy atom. The predicted molar refractivity (Wildman–Crippen MR) is 78.2 cm³/mol. The molecule has 0 aromatic heterocycles. The topological polar surface area (TPSA) is 21.3 Å². The van der Waals surface area contributed by atoms with E-state index in [9.17, 15) is 13.2 Å². The van der Waals surface area contributed by atoms with E-state index < -0.39 is 11.7 Å². The number of rotatable bonds is 7. The van der Waals surface area contributed by atoms with Crippen LogP contribution in [-0.2, 0) is 10.9 Å². The average Bonchev–Trinajstić information content (AvgIpc) is 2.42. The highest BCUT2D eigenvalue weighted by Crippen LogP contribution is 2.31. The zero-order chi connectivity index (χ0) is 16.1. The van der Waals surface area contributed by atoms with Crippen LogP contribution in [0.1, 0.15) is 51.3 Å². The van der Waals surface area contributed by atoms with E-state index in [2.05, 4.69) is 5.32 Å². The predicted octanol–water partition coefficient (Wildman–Crippen LogP) is 4.56. The van der Waals surface area contributed by atoms with Crippen LogP contribution in [0.15, 0.2) is 24.3 Å². The SMILES string of the molecule is CCNC(COC(C)(C)CC)c1cccc(C(F)(F)F)c1. The van der Waals surface area contributed by atoms with Crippen molar-refractivity contribution in [2.75, 3.05) is 13.2 Å². The van der Waals surface area contributed by atoms with Crippen LogP contribution in [0.25, 0.3) is 0 Å². The number of likely N-dealkylation sites (N-methyl/N-ethyl adjacent to an activating group) is 1. The molecule has 0 aliphatic heterocycles. The molecule has 0 aliphatic rings. The van der Waals surface area contributed by atoms with Gasteiger partial charge in [0.15, 0.2) is 0 Å².